The number of carbonyl (C=O) groups excluding carboxylic acids is 1. The molecule has 2 atom stereocenters. The number of fused-ring (bicyclic) bond motifs is 1. The summed E-state index contributed by atoms with van der Waals surface area (Å²) >= 11 is 0. The second kappa shape index (κ2) is 5.22. The number of nitrogens with two attached hydrogens (primary N) is 1. The molecule has 0 radical (unpaired) electrons. The van der Waals surface area contributed by atoms with Gasteiger partial charge in [-0.2, -0.15) is 0 Å². The molecule has 1 aliphatic rings. The van der Waals surface area contributed by atoms with E-state index in [9.17, 15) is 4.79 Å². The maximum atomic E-state index is 12.1. The lowest BCUT2D eigenvalue weighted by molar-refractivity contribution is -0.126. The predicted octanol–water partition coefficient (Wildman–Crippen LogP) is 1.58. The van der Waals surface area contributed by atoms with E-state index in [0.29, 0.717) is 30.1 Å². The van der Waals surface area contributed by atoms with Gasteiger partial charge in [-0.1, -0.05) is 0 Å². The minimum Gasteiger partial charge on any atom is -0.441 e. The average Bonchev–Trinajstić information content (AvgIpc) is 3.03. The van der Waals surface area contributed by atoms with Crippen molar-refractivity contribution >= 4 is 22.7 Å². The molecule has 0 spiro atoms. The lowest BCUT2D eigenvalue weighted by atomic mass is 10.2. The normalized spacial score (nSPS) is 22.3. The molecule has 1 aliphatic heterocycles. The number of anilines is 1. The first-order valence-electron chi connectivity index (χ1n) is 6.69. The number of benzene rings is 1. The van der Waals surface area contributed by atoms with Gasteiger partial charge < -0.3 is 20.2 Å². The molecule has 106 valence electrons. The maximum Gasteiger partial charge on any atom is 0.253 e. The fraction of sp³-hybridized carbons (Fsp3) is 0.429. The van der Waals surface area contributed by atoms with Crippen LogP contribution in [0.25, 0.3) is 11.1 Å². The highest BCUT2D eigenvalue weighted by atomic mass is 16.5. The topological polar surface area (TPSA) is 90.4 Å². The maximum absolute atomic E-state index is 12.1. The van der Waals surface area contributed by atoms with Gasteiger partial charge in [0.15, 0.2) is 11.5 Å². The minimum absolute atomic E-state index is 0.00794. The van der Waals surface area contributed by atoms with Crippen LogP contribution in [0.5, 0.6) is 0 Å². The summed E-state index contributed by atoms with van der Waals surface area (Å²) in [4.78, 5) is 16.3. The number of hydrogen-bond donors (Lipinski definition) is 2. The Bertz CT molecular complexity index is 638. The highest BCUT2D eigenvalue weighted by Crippen LogP contribution is 2.23. The van der Waals surface area contributed by atoms with Crippen LogP contribution >= 0.6 is 0 Å². The predicted molar refractivity (Wildman–Crippen MR) is 74.3 cm³/mol. The molecule has 6 heteroatoms. The Morgan fingerprint density at radius 1 is 1.50 bits per heavy atom. The Labute approximate surface area is 116 Å². The molecule has 0 aliphatic carbocycles. The van der Waals surface area contributed by atoms with E-state index in [2.05, 4.69) is 10.3 Å². The largest absolute Gasteiger partial charge is 0.441 e. The first kappa shape index (κ1) is 13.1. The van der Waals surface area contributed by atoms with Crippen molar-refractivity contribution in [3.8, 4) is 0 Å². The molecule has 20 heavy (non-hydrogen) atoms. The molecular formula is C14H17N3O3. The zero-order chi connectivity index (χ0) is 14.1. The SMILES string of the molecule is Cc1nc2cc(NC(=O)[C@@H]3CC[C@H](CN)O3)ccc2o1. The molecule has 2 aromatic rings. The van der Waals surface area contributed by atoms with E-state index in [0.717, 1.165) is 11.9 Å². The lowest BCUT2D eigenvalue weighted by Gasteiger charge is -2.12. The molecule has 1 aromatic heterocycles. The summed E-state index contributed by atoms with van der Waals surface area (Å²) < 4.78 is 11.0. The van der Waals surface area contributed by atoms with Gasteiger partial charge >= 0.3 is 0 Å². The van der Waals surface area contributed by atoms with Crippen molar-refractivity contribution in [3.63, 3.8) is 0 Å². The Hall–Kier alpha value is -1.92. The van der Waals surface area contributed by atoms with E-state index in [1.165, 1.54) is 0 Å². The molecule has 0 unspecified atom stereocenters. The van der Waals surface area contributed by atoms with Crippen molar-refractivity contribution in [1.82, 2.24) is 4.98 Å². The van der Waals surface area contributed by atoms with Crippen molar-refractivity contribution in [2.24, 2.45) is 5.73 Å². The number of ether oxygens (including phenoxy) is 1. The highest BCUT2D eigenvalue weighted by molar-refractivity contribution is 5.95. The van der Waals surface area contributed by atoms with Crippen LogP contribution in [0.3, 0.4) is 0 Å². The van der Waals surface area contributed by atoms with Crippen LogP contribution < -0.4 is 11.1 Å². The summed E-state index contributed by atoms with van der Waals surface area (Å²) in [6, 6.07) is 5.38. The van der Waals surface area contributed by atoms with Gasteiger partial charge in [0.05, 0.1) is 6.10 Å². The number of aromatic nitrogens is 1. The third-order valence-electron chi connectivity index (χ3n) is 3.42. The second-order valence-corrected chi connectivity index (χ2v) is 4.96. The van der Waals surface area contributed by atoms with E-state index >= 15 is 0 Å². The fourth-order valence-electron chi connectivity index (χ4n) is 2.42. The van der Waals surface area contributed by atoms with Gasteiger partial charge in [-0.15, -0.1) is 0 Å². The zero-order valence-corrected chi connectivity index (χ0v) is 11.3. The number of rotatable bonds is 3. The van der Waals surface area contributed by atoms with Crippen molar-refractivity contribution in [2.45, 2.75) is 32.0 Å². The summed E-state index contributed by atoms with van der Waals surface area (Å²) in [6.45, 7) is 2.24. The minimum atomic E-state index is -0.418. The molecular weight excluding hydrogens is 258 g/mol. The van der Waals surface area contributed by atoms with Crippen LogP contribution in [0.15, 0.2) is 22.6 Å². The quantitative estimate of drug-likeness (QED) is 0.887. The van der Waals surface area contributed by atoms with Gasteiger partial charge in [0.25, 0.3) is 5.91 Å². The lowest BCUT2D eigenvalue weighted by Crippen LogP contribution is -2.29. The molecule has 0 bridgehead atoms. The molecule has 1 amide bonds. The van der Waals surface area contributed by atoms with E-state index in [-0.39, 0.29) is 12.0 Å². The van der Waals surface area contributed by atoms with Crippen LogP contribution in [0.2, 0.25) is 0 Å². The zero-order valence-electron chi connectivity index (χ0n) is 11.3. The molecule has 1 fully saturated rings. The van der Waals surface area contributed by atoms with Crippen molar-refractivity contribution in [2.75, 3.05) is 11.9 Å². The first-order chi connectivity index (χ1) is 9.65. The summed E-state index contributed by atoms with van der Waals surface area (Å²) in [5.74, 6) is 0.467. The average molecular weight is 275 g/mol. The molecule has 1 saturated heterocycles. The number of carbonyl (C=O) groups is 1. The van der Waals surface area contributed by atoms with Crippen LogP contribution in [0.4, 0.5) is 5.69 Å². The Balaban J connectivity index is 1.71. The Kier molecular flexibility index (Phi) is 3.42. The van der Waals surface area contributed by atoms with Crippen LogP contribution in [0, 0.1) is 6.92 Å². The number of hydrogen-bond acceptors (Lipinski definition) is 5. The van der Waals surface area contributed by atoms with E-state index in [1.807, 2.05) is 0 Å². The van der Waals surface area contributed by atoms with E-state index in [1.54, 1.807) is 25.1 Å². The first-order valence-corrected chi connectivity index (χ1v) is 6.69. The Morgan fingerprint density at radius 2 is 2.35 bits per heavy atom. The second-order valence-electron chi connectivity index (χ2n) is 4.96. The standard InChI is InChI=1S/C14H17N3O3/c1-8-16-11-6-9(2-4-12(11)19-8)17-14(18)13-5-3-10(7-15)20-13/h2,4,6,10,13H,3,5,7,15H2,1H3,(H,17,18)/t10-,13+/m1/s1. The van der Waals surface area contributed by atoms with Gasteiger partial charge in [-0.3, -0.25) is 4.79 Å². The smallest absolute Gasteiger partial charge is 0.253 e. The third kappa shape index (κ3) is 2.52. The monoisotopic (exact) mass is 275 g/mol. The van der Waals surface area contributed by atoms with Gasteiger partial charge in [-0.25, -0.2) is 4.98 Å². The van der Waals surface area contributed by atoms with Crippen LogP contribution in [0.1, 0.15) is 18.7 Å². The van der Waals surface area contributed by atoms with Crippen molar-refractivity contribution in [1.29, 1.82) is 0 Å². The van der Waals surface area contributed by atoms with E-state index in [4.69, 9.17) is 14.9 Å². The van der Waals surface area contributed by atoms with Gasteiger partial charge in [0, 0.05) is 19.2 Å². The van der Waals surface area contributed by atoms with Crippen LogP contribution in [-0.4, -0.2) is 29.6 Å². The molecule has 1 aromatic carbocycles. The molecule has 2 heterocycles. The molecule has 6 nitrogen and oxygen atoms in total. The number of amides is 1. The summed E-state index contributed by atoms with van der Waals surface area (Å²) in [5.41, 5.74) is 7.67. The fourth-order valence-corrected chi connectivity index (χ4v) is 2.42. The molecule has 3 rings (SSSR count). The highest BCUT2D eigenvalue weighted by Gasteiger charge is 2.29. The molecule has 0 saturated carbocycles. The number of nitrogens with zero attached hydrogens (tertiary/aromatic N) is 1. The van der Waals surface area contributed by atoms with Crippen LogP contribution in [-0.2, 0) is 9.53 Å². The van der Waals surface area contributed by atoms with Gasteiger partial charge in [-0.05, 0) is 31.0 Å². The summed E-state index contributed by atoms with van der Waals surface area (Å²) in [6.07, 6.45) is 1.11. The summed E-state index contributed by atoms with van der Waals surface area (Å²) in [7, 11) is 0. The van der Waals surface area contributed by atoms with E-state index < -0.39 is 6.10 Å². The number of nitrogens with one attached hydrogen (secondary N) is 1. The van der Waals surface area contributed by atoms with Crippen molar-refractivity contribution in [3.05, 3.63) is 24.1 Å². The van der Waals surface area contributed by atoms with Gasteiger partial charge in [0.1, 0.15) is 11.6 Å². The molecule has 3 N–H and O–H groups in total. The summed E-state index contributed by atoms with van der Waals surface area (Å²) in [5, 5.41) is 2.84. The number of aryl methyl sites for hydroxylation is 1. The van der Waals surface area contributed by atoms with Crippen molar-refractivity contribution < 1.29 is 13.9 Å². The number of oxazole rings is 1. The van der Waals surface area contributed by atoms with Gasteiger partial charge in [0.2, 0.25) is 0 Å². The Morgan fingerprint density at radius 3 is 3.10 bits per heavy atom. The third-order valence-corrected chi connectivity index (χ3v) is 3.42.